The topological polar surface area (TPSA) is 163 Å². The number of H-pyrrole nitrogens is 1. The van der Waals surface area contributed by atoms with Gasteiger partial charge in [0.25, 0.3) is 0 Å². The number of nitrogens with zero attached hydrogens (tertiary/aromatic N) is 3. The number of carbonyl (C=O) groups excluding carboxylic acids is 1. The van der Waals surface area contributed by atoms with Gasteiger partial charge in [0.05, 0.1) is 36.9 Å². The molecular weight excluding hydrogens is 533 g/mol. The van der Waals surface area contributed by atoms with Gasteiger partial charge in [0, 0.05) is 17.3 Å². The summed E-state index contributed by atoms with van der Waals surface area (Å²) in [5.74, 6) is -1.39. The number of hydrogen-bond donors (Lipinski definition) is 3. The van der Waals surface area contributed by atoms with Gasteiger partial charge >= 0.3 is 12.0 Å². The van der Waals surface area contributed by atoms with E-state index >= 15 is 0 Å². The van der Waals surface area contributed by atoms with E-state index < -0.39 is 17.7 Å². The zero-order valence-corrected chi connectivity index (χ0v) is 22.5. The van der Waals surface area contributed by atoms with Crippen LogP contribution in [-0.2, 0) is 14.3 Å². The fourth-order valence-corrected chi connectivity index (χ4v) is 3.74. The standard InChI is InChI=1S/C22H23FN4O5.C7H7NO/c1-3-10-30-21-24-9-8-15(25-21)17-16(13-4-6-14(23)7-5-13)26-18(27-17)19-31-11-22(2,12-32-19)20(28)29;8-7(9)6-4-2-1-3-5-6/h4-9,19H,3,10-12H2,1-2H3,(H,26,27)(H,28,29);1-5H,(H2,8,9). The van der Waals surface area contributed by atoms with Crippen molar-refractivity contribution in [2.75, 3.05) is 19.8 Å². The molecule has 2 aromatic carbocycles. The maximum atomic E-state index is 13.5. The van der Waals surface area contributed by atoms with Crippen molar-refractivity contribution >= 4 is 11.9 Å². The quantitative estimate of drug-likeness (QED) is 0.282. The number of ether oxygens (including phenoxy) is 3. The summed E-state index contributed by atoms with van der Waals surface area (Å²) < 4.78 is 30.3. The van der Waals surface area contributed by atoms with Crippen molar-refractivity contribution in [1.29, 1.82) is 0 Å². The molecule has 1 fully saturated rings. The molecule has 0 radical (unpaired) electrons. The second-order valence-corrected chi connectivity index (χ2v) is 9.48. The molecule has 0 atom stereocenters. The highest BCUT2D eigenvalue weighted by Crippen LogP contribution is 2.35. The van der Waals surface area contributed by atoms with Gasteiger partial charge in [0.15, 0.2) is 5.82 Å². The third kappa shape index (κ3) is 7.29. The van der Waals surface area contributed by atoms with Crippen LogP contribution in [0.25, 0.3) is 22.6 Å². The molecule has 2 aromatic heterocycles. The normalized spacial score (nSPS) is 18.2. The molecule has 1 saturated heterocycles. The number of nitrogens with two attached hydrogens (primary N) is 1. The molecule has 0 bridgehead atoms. The van der Waals surface area contributed by atoms with Gasteiger partial charge in [-0.15, -0.1) is 0 Å². The first-order valence-electron chi connectivity index (χ1n) is 12.8. The van der Waals surface area contributed by atoms with Crippen LogP contribution in [0.5, 0.6) is 6.01 Å². The summed E-state index contributed by atoms with van der Waals surface area (Å²) >= 11 is 0. The molecule has 0 unspecified atom stereocenters. The van der Waals surface area contributed by atoms with E-state index in [-0.39, 0.29) is 30.9 Å². The number of carboxylic acid groups (broad SMARTS) is 1. The van der Waals surface area contributed by atoms with Crippen molar-refractivity contribution in [3.8, 4) is 28.7 Å². The van der Waals surface area contributed by atoms with Crippen LogP contribution in [0.15, 0.2) is 66.9 Å². The van der Waals surface area contributed by atoms with Gasteiger partial charge in [-0.2, -0.15) is 4.98 Å². The predicted octanol–water partition coefficient (Wildman–Crippen LogP) is 4.38. The van der Waals surface area contributed by atoms with E-state index in [1.54, 1.807) is 55.6 Å². The molecule has 0 saturated carbocycles. The largest absolute Gasteiger partial charge is 0.481 e. The highest BCUT2D eigenvalue weighted by molar-refractivity contribution is 5.92. The molecule has 5 rings (SSSR count). The lowest BCUT2D eigenvalue weighted by Crippen LogP contribution is -2.42. The molecule has 3 heterocycles. The van der Waals surface area contributed by atoms with Gasteiger partial charge < -0.3 is 30.0 Å². The molecule has 4 N–H and O–H groups in total. The Balaban J connectivity index is 0.000000367. The number of amides is 1. The Morgan fingerprint density at radius 3 is 2.37 bits per heavy atom. The first-order valence-corrected chi connectivity index (χ1v) is 12.8. The molecule has 12 heteroatoms. The summed E-state index contributed by atoms with van der Waals surface area (Å²) in [5.41, 5.74) is 6.64. The van der Waals surface area contributed by atoms with Crippen LogP contribution >= 0.6 is 0 Å². The highest BCUT2D eigenvalue weighted by atomic mass is 19.1. The van der Waals surface area contributed by atoms with Gasteiger partial charge in [0.1, 0.15) is 11.2 Å². The number of carbonyl (C=O) groups is 2. The van der Waals surface area contributed by atoms with E-state index in [9.17, 15) is 19.1 Å². The van der Waals surface area contributed by atoms with Crippen molar-refractivity contribution in [1.82, 2.24) is 19.9 Å². The molecule has 1 aliphatic heterocycles. The highest BCUT2D eigenvalue weighted by Gasteiger charge is 2.41. The van der Waals surface area contributed by atoms with E-state index in [0.717, 1.165) is 6.42 Å². The van der Waals surface area contributed by atoms with E-state index in [1.165, 1.54) is 12.1 Å². The maximum Gasteiger partial charge on any atom is 0.316 e. The number of carboxylic acids is 1. The number of primary amides is 1. The predicted molar refractivity (Wildman–Crippen MR) is 146 cm³/mol. The van der Waals surface area contributed by atoms with Crippen LogP contribution < -0.4 is 10.5 Å². The fourth-order valence-electron chi connectivity index (χ4n) is 3.74. The molecule has 41 heavy (non-hydrogen) atoms. The van der Waals surface area contributed by atoms with Crippen molar-refractivity contribution in [2.45, 2.75) is 26.6 Å². The van der Waals surface area contributed by atoms with Crippen LogP contribution in [0, 0.1) is 11.2 Å². The third-order valence-corrected chi connectivity index (χ3v) is 6.07. The average Bonchev–Trinajstić information content (AvgIpc) is 3.43. The summed E-state index contributed by atoms with van der Waals surface area (Å²) in [7, 11) is 0. The lowest BCUT2D eigenvalue weighted by Gasteiger charge is -2.33. The minimum atomic E-state index is -1.14. The number of aromatic amines is 1. The molecule has 214 valence electrons. The molecule has 0 spiro atoms. The van der Waals surface area contributed by atoms with Crippen molar-refractivity contribution in [2.24, 2.45) is 11.1 Å². The van der Waals surface area contributed by atoms with Crippen molar-refractivity contribution in [3.05, 3.63) is 84.1 Å². The SMILES string of the molecule is CCCOc1nccc(-c2[nH]c(C3OCC(C)(C(=O)O)CO3)nc2-c2ccc(F)cc2)n1.NC(=O)c1ccccc1. The Morgan fingerprint density at radius 1 is 1.10 bits per heavy atom. The summed E-state index contributed by atoms with van der Waals surface area (Å²) in [6.07, 6.45) is 1.51. The van der Waals surface area contributed by atoms with Crippen molar-refractivity contribution in [3.63, 3.8) is 0 Å². The van der Waals surface area contributed by atoms with E-state index in [1.807, 2.05) is 13.0 Å². The number of rotatable bonds is 8. The first kappa shape index (κ1) is 29.3. The minimum absolute atomic E-state index is 0.0303. The number of aromatic nitrogens is 4. The molecule has 1 amide bonds. The third-order valence-electron chi connectivity index (χ3n) is 6.07. The first-order chi connectivity index (χ1) is 19.7. The molecular formula is C29H30FN5O6. The summed E-state index contributed by atoms with van der Waals surface area (Å²) in [6.45, 7) is 3.96. The second kappa shape index (κ2) is 13.1. The second-order valence-electron chi connectivity index (χ2n) is 9.48. The summed E-state index contributed by atoms with van der Waals surface area (Å²) in [4.78, 5) is 38.2. The van der Waals surface area contributed by atoms with E-state index in [0.29, 0.717) is 40.6 Å². The Labute approximate surface area is 235 Å². The number of imidazole rings is 1. The van der Waals surface area contributed by atoms with Gasteiger partial charge in [-0.25, -0.2) is 14.4 Å². The number of nitrogens with one attached hydrogen (secondary N) is 1. The Kier molecular flexibility index (Phi) is 9.37. The number of benzene rings is 2. The molecule has 1 aliphatic rings. The number of halogens is 1. The number of hydrogen-bond acceptors (Lipinski definition) is 8. The van der Waals surface area contributed by atoms with Crippen LogP contribution in [0.2, 0.25) is 0 Å². The van der Waals surface area contributed by atoms with Gasteiger partial charge in [-0.05, 0) is 55.8 Å². The lowest BCUT2D eigenvalue weighted by atomic mass is 9.92. The van der Waals surface area contributed by atoms with Crippen LogP contribution in [0.4, 0.5) is 4.39 Å². The zero-order chi connectivity index (χ0) is 29.4. The van der Waals surface area contributed by atoms with Crippen LogP contribution in [0.1, 0.15) is 42.7 Å². The molecule has 4 aromatic rings. The van der Waals surface area contributed by atoms with Crippen LogP contribution in [-0.4, -0.2) is 56.7 Å². The van der Waals surface area contributed by atoms with E-state index in [4.69, 9.17) is 19.9 Å². The summed E-state index contributed by atoms with van der Waals surface area (Å²) in [6, 6.07) is 16.6. The number of aliphatic carboxylic acids is 1. The monoisotopic (exact) mass is 563 g/mol. The Hall–Kier alpha value is -4.68. The molecule has 0 aliphatic carbocycles. The Morgan fingerprint density at radius 2 is 1.78 bits per heavy atom. The van der Waals surface area contributed by atoms with Gasteiger partial charge in [-0.1, -0.05) is 25.1 Å². The minimum Gasteiger partial charge on any atom is -0.481 e. The van der Waals surface area contributed by atoms with Gasteiger partial charge in [-0.3, -0.25) is 9.59 Å². The maximum absolute atomic E-state index is 13.5. The van der Waals surface area contributed by atoms with Crippen molar-refractivity contribution < 1.29 is 33.3 Å². The average molecular weight is 564 g/mol. The van der Waals surface area contributed by atoms with Crippen LogP contribution in [0.3, 0.4) is 0 Å². The van der Waals surface area contributed by atoms with Gasteiger partial charge in [0.2, 0.25) is 12.2 Å². The fraction of sp³-hybridized carbons (Fsp3) is 0.276. The lowest BCUT2D eigenvalue weighted by molar-refractivity contribution is -0.236. The van der Waals surface area contributed by atoms with E-state index in [2.05, 4.69) is 19.9 Å². The smallest absolute Gasteiger partial charge is 0.316 e. The zero-order valence-electron chi connectivity index (χ0n) is 22.5. The molecule has 11 nitrogen and oxygen atoms in total. The Bertz CT molecular complexity index is 1470. The summed E-state index contributed by atoms with van der Waals surface area (Å²) in [5, 5.41) is 9.37.